The normalized spacial score (nSPS) is 22.9. The van der Waals surface area contributed by atoms with Crippen molar-refractivity contribution in [1.29, 1.82) is 0 Å². The SMILES string of the molecule is CC(C)c1nnc(NCC2(N3CCOCC3)CCCCC2)s1. The van der Waals surface area contributed by atoms with Crippen LogP contribution in [0.15, 0.2) is 0 Å². The molecule has 0 atom stereocenters. The van der Waals surface area contributed by atoms with E-state index < -0.39 is 0 Å². The van der Waals surface area contributed by atoms with Crippen molar-refractivity contribution in [2.75, 3.05) is 38.2 Å². The number of hydrogen-bond acceptors (Lipinski definition) is 6. The number of rotatable bonds is 5. The van der Waals surface area contributed by atoms with Gasteiger partial charge >= 0.3 is 0 Å². The van der Waals surface area contributed by atoms with Gasteiger partial charge in [0.05, 0.1) is 13.2 Å². The summed E-state index contributed by atoms with van der Waals surface area (Å²) in [6.07, 6.45) is 6.63. The maximum atomic E-state index is 5.55. The quantitative estimate of drug-likeness (QED) is 0.902. The third-order valence-corrected chi connectivity index (χ3v) is 6.15. The molecule has 2 heterocycles. The summed E-state index contributed by atoms with van der Waals surface area (Å²) in [7, 11) is 0. The lowest BCUT2D eigenvalue weighted by Crippen LogP contribution is -2.57. The molecule has 0 spiro atoms. The van der Waals surface area contributed by atoms with Crippen molar-refractivity contribution in [2.45, 2.75) is 57.4 Å². The highest BCUT2D eigenvalue weighted by molar-refractivity contribution is 7.15. The molecule has 3 rings (SSSR count). The first-order valence-electron chi connectivity index (χ1n) is 8.60. The third kappa shape index (κ3) is 3.60. The second-order valence-corrected chi connectivity index (χ2v) is 7.85. The van der Waals surface area contributed by atoms with Crippen LogP contribution in [0.1, 0.15) is 56.9 Å². The number of aromatic nitrogens is 2. The maximum Gasteiger partial charge on any atom is 0.205 e. The molecule has 0 amide bonds. The largest absolute Gasteiger partial charge is 0.379 e. The van der Waals surface area contributed by atoms with Crippen LogP contribution in [-0.2, 0) is 4.74 Å². The summed E-state index contributed by atoms with van der Waals surface area (Å²) in [5, 5.41) is 14.3. The van der Waals surface area contributed by atoms with Crippen LogP contribution in [-0.4, -0.2) is 53.5 Å². The molecule has 0 unspecified atom stereocenters. The maximum absolute atomic E-state index is 5.55. The predicted molar refractivity (Wildman–Crippen MR) is 90.7 cm³/mol. The Morgan fingerprint density at radius 2 is 1.91 bits per heavy atom. The van der Waals surface area contributed by atoms with E-state index in [1.54, 1.807) is 11.3 Å². The molecule has 124 valence electrons. The summed E-state index contributed by atoms with van der Waals surface area (Å²) in [4.78, 5) is 2.66. The minimum Gasteiger partial charge on any atom is -0.379 e. The van der Waals surface area contributed by atoms with E-state index in [0.29, 0.717) is 5.92 Å². The van der Waals surface area contributed by atoms with Gasteiger partial charge < -0.3 is 10.1 Å². The lowest BCUT2D eigenvalue weighted by Gasteiger charge is -2.48. The van der Waals surface area contributed by atoms with Crippen LogP contribution in [0.5, 0.6) is 0 Å². The lowest BCUT2D eigenvalue weighted by molar-refractivity contribution is -0.0318. The average molecular weight is 324 g/mol. The Morgan fingerprint density at radius 1 is 1.18 bits per heavy atom. The van der Waals surface area contributed by atoms with E-state index in [1.807, 2.05) is 0 Å². The standard InChI is InChI=1S/C16H28N4OS/c1-13(2)14-18-19-15(22-14)17-12-16(6-4-3-5-7-16)20-8-10-21-11-9-20/h13H,3-12H2,1-2H3,(H,17,19). The fourth-order valence-electron chi connectivity index (χ4n) is 3.63. The third-order valence-electron chi connectivity index (χ3n) is 4.97. The van der Waals surface area contributed by atoms with E-state index >= 15 is 0 Å². The van der Waals surface area contributed by atoms with Crippen LogP contribution >= 0.6 is 11.3 Å². The van der Waals surface area contributed by atoms with E-state index in [9.17, 15) is 0 Å². The zero-order valence-electron chi connectivity index (χ0n) is 13.8. The molecule has 2 aliphatic rings. The number of nitrogens with zero attached hydrogens (tertiary/aromatic N) is 3. The average Bonchev–Trinajstić information content (AvgIpc) is 3.04. The van der Waals surface area contributed by atoms with Gasteiger partial charge in [0, 0.05) is 31.1 Å². The first kappa shape index (κ1) is 16.1. The van der Waals surface area contributed by atoms with Gasteiger partial charge in [0.15, 0.2) is 0 Å². The Hall–Kier alpha value is -0.720. The lowest BCUT2D eigenvalue weighted by atomic mass is 9.80. The van der Waals surface area contributed by atoms with Crippen molar-refractivity contribution in [3.8, 4) is 0 Å². The van der Waals surface area contributed by atoms with E-state index in [-0.39, 0.29) is 5.54 Å². The van der Waals surface area contributed by atoms with E-state index in [1.165, 1.54) is 32.1 Å². The first-order valence-corrected chi connectivity index (χ1v) is 9.41. The number of hydrogen-bond donors (Lipinski definition) is 1. The van der Waals surface area contributed by atoms with E-state index in [0.717, 1.165) is 43.0 Å². The summed E-state index contributed by atoms with van der Waals surface area (Å²) in [5.74, 6) is 0.455. The smallest absolute Gasteiger partial charge is 0.205 e. The number of ether oxygens (including phenoxy) is 1. The molecule has 1 aromatic heterocycles. The van der Waals surface area contributed by atoms with Crippen molar-refractivity contribution in [3.63, 3.8) is 0 Å². The van der Waals surface area contributed by atoms with Crippen molar-refractivity contribution >= 4 is 16.5 Å². The predicted octanol–water partition coefficient (Wildman–Crippen LogP) is 3.11. The monoisotopic (exact) mass is 324 g/mol. The van der Waals surface area contributed by atoms with Crippen molar-refractivity contribution in [3.05, 3.63) is 5.01 Å². The summed E-state index contributed by atoms with van der Waals surface area (Å²) in [5.41, 5.74) is 0.283. The molecule has 0 radical (unpaired) electrons. The molecule has 1 N–H and O–H groups in total. The highest BCUT2D eigenvalue weighted by atomic mass is 32.1. The molecule has 22 heavy (non-hydrogen) atoms. The van der Waals surface area contributed by atoms with Gasteiger partial charge in [0.1, 0.15) is 5.01 Å². The Morgan fingerprint density at radius 3 is 2.55 bits per heavy atom. The molecule has 6 heteroatoms. The van der Waals surface area contributed by atoms with Gasteiger partial charge in [-0.2, -0.15) is 0 Å². The molecule has 0 aromatic carbocycles. The summed E-state index contributed by atoms with van der Waals surface area (Å²) < 4.78 is 5.55. The molecule has 1 aliphatic carbocycles. The van der Waals surface area contributed by atoms with Crippen molar-refractivity contribution < 1.29 is 4.74 Å². The molecule has 1 saturated carbocycles. The zero-order chi connectivity index (χ0) is 15.4. The van der Waals surface area contributed by atoms with Crippen molar-refractivity contribution in [2.24, 2.45) is 0 Å². The van der Waals surface area contributed by atoms with Gasteiger partial charge in [-0.25, -0.2) is 0 Å². The second kappa shape index (κ2) is 7.23. The van der Waals surface area contributed by atoms with Gasteiger partial charge in [0.2, 0.25) is 5.13 Å². The molecular formula is C16H28N4OS. The molecule has 1 aliphatic heterocycles. The highest BCUT2D eigenvalue weighted by Crippen LogP contribution is 2.35. The number of anilines is 1. The Kier molecular flexibility index (Phi) is 5.31. The Balaban J connectivity index is 1.66. The highest BCUT2D eigenvalue weighted by Gasteiger charge is 2.38. The molecule has 5 nitrogen and oxygen atoms in total. The topological polar surface area (TPSA) is 50.3 Å². The van der Waals surface area contributed by atoms with Crippen LogP contribution < -0.4 is 5.32 Å². The van der Waals surface area contributed by atoms with Crippen LogP contribution in [0.25, 0.3) is 0 Å². The molecule has 0 bridgehead atoms. The molecule has 1 aromatic rings. The van der Waals surface area contributed by atoms with E-state index in [4.69, 9.17) is 4.74 Å². The van der Waals surface area contributed by atoms with Gasteiger partial charge in [0.25, 0.3) is 0 Å². The van der Waals surface area contributed by atoms with Gasteiger partial charge in [-0.1, -0.05) is 44.4 Å². The van der Waals surface area contributed by atoms with Crippen LogP contribution in [0.4, 0.5) is 5.13 Å². The fraction of sp³-hybridized carbons (Fsp3) is 0.875. The van der Waals surface area contributed by atoms with E-state index in [2.05, 4.69) is 34.3 Å². The second-order valence-electron chi connectivity index (χ2n) is 6.84. The Labute approximate surface area is 137 Å². The zero-order valence-corrected chi connectivity index (χ0v) is 14.6. The van der Waals surface area contributed by atoms with Gasteiger partial charge in [-0.15, -0.1) is 10.2 Å². The van der Waals surface area contributed by atoms with Gasteiger partial charge in [-0.3, -0.25) is 4.90 Å². The van der Waals surface area contributed by atoms with Gasteiger partial charge in [-0.05, 0) is 12.8 Å². The molecule has 2 fully saturated rings. The minimum atomic E-state index is 0.283. The van der Waals surface area contributed by atoms with Crippen molar-refractivity contribution in [1.82, 2.24) is 15.1 Å². The number of nitrogens with one attached hydrogen (secondary N) is 1. The number of morpholine rings is 1. The van der Waals surface area contributed by atoms with Crippen LogP contribution in [0, 0.1) is 0 Å². The van der Waals surface area contributed by atoms with Crippen LogP contribution in [0.3, 0.4) is 0 Å². The molecule has 1 saturated heterocycles. The summed E-state index contributed by atoms with van der Waals surface area (Å²) in [6.45, 7) is 9.20. The summed E-state index contributed by atoms with van der Waals surface area (Å²) in [6, 6.07) is 0. The Bertz CT molecular complexity index is 464. The fourth-order valence-corrected chi connectivity index (χ4v) is 4.37. The molecular weight excluding hydrogens is 296 g/mol. The first-order chi connectivity index (χ1) is 10.7. The minimum absolute atomic E-state index is 0.283. The van der Waals surface area contributed by atoms with Crippen LogP contribution in [0.2, 0.25) is 0 Å². The summed E-state index contributed by atoms with van der Waals surface area (Å²) >= 11 is 1.70.